The van der Waals surface area contributed by atoms with Crippen LogP contribution in [0, 0.1) is 6.92 Å². The molecule has 37 heavy (non-hydrogen) atoms. The quantitative estimate of drug-likeness (QED) is 0.230. The predicted molar refractivity (Wildman–Crippen MR) is 151 cm³/mol. The fraction of sp³-hybridized carbons (Fsp3) is 0.143. The molecule has 1 saturated heterocycles. The summed E-state index contributed by atoms with van der Waals surface area (Å²) in [6, 6.07) is 20.0. The molecule has 1 aliphatic heterocycles. The largest absolute Gasteiger partial charge is 0.483 e. The fourth-order valence-electron chi connectivity index (χ4n) is 3.64. The second-order valence-corrected chi connectivity index (χ2v) is 9.61. The van der Waals surface area contributed by atoms with Crippen molar-refractivity contribution < 1.29 is 19.1 Å². The third-order valence-electron chi connectivity index (χ3n) is 5.67. The van der Waals surface area contributed by atoms with Crippen LogP contribution >= 0.6 is 28.1 Å². The van der Waals surface area contributed by atoms with Gasteiger partial charge in [0.15, 0.2) is 11.7 Å². The predicted octanol–water partition coefficient (Wildman–Crippen LogP) is 5.17. The van der Waals surface area contributed by atoms with E-state index in [1.54, 1.807) is 30.3 Å². The zero-order chi connectivity index (χ0) is 26.5. The van der Waals surface area contributed by atoms with Crippen LogP contribution in [0.5, 0.6) is 5.75 Å². The number of thiocarbonyl (C=S) groups is 1. The summed E-state index contributed by atoms with van der Waals surface area (Å²) in [6.45, 7) is 3.83. The molecule has 1 heterocycles. The molecule has 0 unspecified atom stereocenters. The van der Waals surface area contributed by atoms with Crippen molar-refractivity contribution in [3.63, 3.8) is 0 Å². The lowest BCUT2D eigenvalue weighted by Crippen LogP contribution is -2.54. The number of rotatable bonds is 7. The van der Waals surface area contributed by atoms with E-state index in [-0.39, 0.29) is 23.2 Å². The van der Waals surface area contributed by atoms with Crippen LogP contribution in [0.4, 0.5) is 11.4 Å². The Morgan fingerprint density at radius 2 is 1.78 bits per heavy atom. The van der Waals surface area contributed by atoms with E-state index < -0.39 is 11.8 Å². The average molecular weight is 578 g/mol. The van der Waals surface area contributed by atoms with Crippen LogP contribution in [0.3, 0.4) is 0 Å². The summed E-state index contributed by atoms with van der Waals surface area (Å²) in [4.78, 5) is 39.4. The Morgan fingerprint density at radius 3 is 2.43 bits per heavy atom. The van der Waals surface area contributed by atoms with Gasteiger partial charge in [-0.15, -0.1) is 0 Å². The van der Waals surface area contributed by atoms with Crippen molar-refractivity contribution >= 4 is 68.4 Å². The van der Waals surface area contributed by atoms with Gasteiger partial charge >= 0.3 is 0 Å². The van der Waals surface area contributed by atoms with Crippen LogP contribution in [0.15, 0.2) is 76.8 Å². The lowest BCUT2D eigenvalue weighted by atomic mass is 10.1. The van der Waals surface area contributed by atoms with E-state index in [1.165, 1.54) is 11.0 Å². The SMILES string of the molecule is CCc1ccc(N2C(=O)/C(=C/c3ccc(OCC(=O)Nc4ccc(C)cc4)c(Br)c3)C(=O)NC2=S)cc1. The van der Waals surface area contributed by atoms with Crippen molar-refractivity contribution in [2.24, 2.45) is 0 Å². The van der Waals surface area contributed by atoms with Crippen molar-refractivity contribution in [3.05, 3.63) is 93.5 Å². The molecule has 0 bridgehead atoms. The maximum absolute atomic E-state index is 13.2. The van der Waals surface area contributed by atoms with Gasteiger partial charge in [0.2, 0.25) is 0 Å². The molecule has 2 N–H and O–H groups in total. The Kier molecular flexibility index (Phi) is 8.15. The molecule has 7 nitrogen and oxygen atoms in total. The minimum atomic E-state index is -0.569. The first kappa shape index (κ1) is 26.2. The average Bonchev–Trinajstić information content (AvgIpc) is 2.87. The summed E-state index contributed by atoms with van der Waals surface area (Å²) in [5, 5.41) is 5.40. The van der Waals surface area contributed by atoms with E-state index >= 15 is 0 Å². The molecular formula is C28H24BrN3O4S. The van der Waals surface area contributed by atoms with Crippen molar-refractivity contribution in [1.82, 2.24) is 5.32 Å². The minimum absolute atomic E-state index is 0.0326. The van der Waals surface area contributed by atoms with E-state index in [1.807, 2.05) is 50.2 Å². The van der Waals surface area contributed by atoms with Gasteiger partial charge in [-0.25, -0.2) is 0 Å². The van der Waals surface area contributed by atoms with Crippen LogP contribution < -0.4 is 20.3 Å². The number of anilines is 2. The molecule has 0 aliphatic carbocycles. The number of nitrogens with one attached hydrogen (secondary N) is 2. The summed E-state index contributed by atoms with van der Waals surface area (Å²) in [7, 11) is 0. The molecule has 188 valence electrons. The number of benzene rings is 3. The van der Waals surface area contributed by atoms with Gasteiger partial charge in [0.25, 0.3) is 17.7 Å². The molecular weight excluding hydrogens is 554 g/mol. The Morgan fingerprint density at radius 1 is 1.08 bits per heavy atom. The monoisotopic (exact) mass is 577 g/mol. The van der Waals surface area contributed by atoms with Gasteiger partial charge in [-0.1, -0.05) is 42.8 Å². The Bertz CT molecular complexity index is 1400. The summed E-state index contributed by atoms with van der Waals surface area (Å²) >= 11 is 8.70. The van der Waals surface area contributed by atoms with Gasteiger partial charge in [0.05, 0.1) is 10.2 Å². The van der Waals surface area contributed by atoms with E-state index in [2.05, 4.69) is 26.6 Å². The van der Waals surface area contributed by atoms with E-state index in [0.29, 0.717) is 27.2 Å². The molecule has 0 saturated carbocycles. The maximum Gasteiger partial charge on any atom is 0.270 e. The molecule has 0 aromatic heterocycles. The molecule has 3 aromatic rings. The number of ether oxygens (including phenoxy) is 1. The zero-order valence-corrected chi connectivity index (χ0v) is 22.6. The van der Waals surface area contributed by atoms with Gasteiger partial charge in [0.1, 0.15) is 11.3 Å². The summed E-state index contributed by atoms with van der Waals surface area (Å²) in [5.74, 6) is -0.934. The number of amides is 3. The smallest absolute Gasteiger partial charge is 0.270 e. The lowest BCUT2D eigenvalue weighted by Gasteiger charge is -2.29. The third-order valence-corrected chi connectivity index (χ3v) is 6.57. The molecule has 0 radical (unpaired) electrons. The number of hydrogen-bond donors (Lipinski definition) is 2. The van der Waals surface area contributed by atoms with E-state index in [9.17, 15) is 14.4 Å². The molecule has 0 spiro atoms. The lowest BCUT2D eigenvalue weighted by molar-refractivity contribution is -0.122. The number of nitrogens with zero attached hydrogens (tertiary/aromatic N) is 1. The number of carbonyl (C=O) groups is 3. The first-order valence-electron chi connectivity index (χ1n) is 11.5. The first-order chi connectivity index (χ1) is 17.7. The zero-order valence-electron chi connectivity index (χ0n) is 20.2. The minimum Gasteiger partial charge on any atom is -0.483 e. The van der Waals surface area contributed by atoms with Crippen molar-refractivity contribution in [3.8, 4) is 5.75 Å². The molecule has 1 aliphatic rings. The van der Waals surface area contributed by atoms with Crippen molar-refractivity contribution in [2.45, 2.75) is 20.3 Å². The Hall–Kier alpha value is -3.82. The van der Waals surface area contributed by atoms with E-state index in [0.717, 1.165) is 17.5 Å². The number of hydrogen-bond acceptors (Lipinski definition) is 5. The maximum atomic E-state index is 13.2. The highest BCUT2D eigenvalue weighted by molar-refractivity contribution is 9.10. The standard InChI is InChI=1S/C28H24BrN3O4S/c1-3-18-6-11-21(12-7-18)32-27(35)22(26(34)31-28(32)37)14-19-8-13-24(23(29)15-19)36-16-25(33)30-20-9-4-17(2)5-10-20/h4-15H,3,16H2,1-2H3,(H,30,33)(H,31,34,37)/b22-14+. The van der Waals surface area contributed by atoms with Crippen LogP contribution in [-0.4, -0.2) is 29.4 Å². The number of aryl methyl sites for hydroxylation is 2. The van der Waals surface area contributed by atoms with Crippen LogP contribution in [0.25, 0.3) is 6.08 Å². The topological polar surface area (TPSA) is 87.7 Å². The normalized spacial score (nSPS) is 14.5. The number of carbonyl (C=O) groups excluding carboxylic acids is 3. The van der Waals surface area contributed by atoms with Gasteiger partial charge in [-0.05, 0) is 95.1 Å². The first-order valence-corrected chi connectivity index (χ1v) is 12.7. The molecule has 1 fully saturated rings. The summed E-state index contributed by atoms with van der Waals surface area (Å²) in [5.41, 5.74) is 4.03. The van der Waals surface area contributed by atoms with Crippen LogP contribution in [0.1, 0.15) is 23.6 Å². The molecule has 3 aromatic carbocycles. The fourth-order valence-corrected chi connectivity index (χ4v) is 4.43. The van der Waals surface area contributed by atoms with Gasteiger partial charge < -0.3 is 10.1 Å². The molecule has 4 rings (SSSR count). The summed E-state index contributed by atoms with van der Waals surface area (Å²) < 4.78 is 6.20. The number of halogens is 1. The molecule has 3 amide bonds. The van der Waals surface area contributed by atoms with Crippen LogP contribution in [0.2, 0.25) is 0 Å². The Labute approximate surface area is 228 Å². The highest BCUT2D eigenvalue weighted by Crippen LogP contribution is 2.28. The van der Waals surface area contributed by atoms with Gasteiger partial charge in [-0.3, -0.25) is 24.6 Å². The molecule has 0 atom stereocenters. The second-order valence-electron chi connectivity index (χ2n) is 8.37. The highest BCUT2D eigenvalue weighted by atomic mass is 79.9. The highest BCUT2D eigenvalue weighted by Gasteiger charge is 2.34. The Balaban J connectivity index is 1.47. The van der Waals surface area contributed by atoms with E-state index in [4.69, 9.17) is 17.0 Å². The summed E-state index contributed by atoms with van der Waals surface area (Å²) in [6.07, 6.45) is 2.36. The van der Waals surface area contributed by atoms with Crippen molar-refractivity contribution in [2.75, 3.05) is 16.8 Å². The van der Waals surface area contributed by atoms with Gasteiger partial charge in [0, 0.05) is 5.69 Å². The third kappa shape index (κ3) is 6.31. The second kappa shape index (κ2) is 11.5. The van der Waals surface area contributed by atoms with Crippen LogP contribution in [-0.2, 0) is 20.8 Å². The van der Waals surface area contributed by atoms with Gasteiger partial charge in [-0.2, -0.15) is 0 Å². The van der Waals surface area contributed by atoms with Crippen molar-refractivity contribution in [1.29, 1.82) is 0 Å². The molecule has 9 heteroatoms.